The number of hydrogen-bond acceptors (Lipinski definition) is 10. The van der Waals surface area contributed by atoms with Crippen LogP contribution in [0.3, 0.4) is 0 Å². The Kier molecular flexibility index (Phi) is 18.4. The van der Waals surface area contributed by atoms with Gasteiger partial charge >= 0.3 is 5.97 Å². The summed E-state index contributed by atoms with van der Waals surface area (Å²) in [5.74, 6) is -7.58. The quantitative estimate of drug-likeness (QED) is 0.0672. The molecule has 0 aliphatic heterocycles. The summed E-state index contributed by atoms with van der Waals surface area (Å²) in [5, 5.41) is 34.0. The minimum absolute atomic E-state index is 0.0464. The van der Waals surface area contributed by atoms with Crippen LogP contribution >= 0.6 is 0 Å². The number of carbonyl (C=O) groups is 8. The predicted octanol–water partition coefficient (Wildman–Crippen LogP) is -1.27. The number of primary amides is 1. The van der Waals surface area contributed by atoms with Gasteiger partial charge in [-0.15, -0.1) is 0 Å². The summed E-state index contributed by atoms with van der Waals surface area (Å²) in [7, 11) is 0. The van der Waals surface area contributed by atoms with Gasteiger partial charge in [0.1, 0.15) is 36.0 Å². The van der Waals surface area contributed by atoms with Crippen LogP contribution in [0.15, 0.2) is 54.6 Å². The van der Waals surface area contributed by atoms with E-state index in [0.717, 1.165) is 0 Å². The van der Waals surface area contributed by atoms with Crippen LogP contribution in [0, 0.1) is 11.8 Å². The first-order valence-electron chi connectivity index (χ1n) is 18.2. The molecule has 0 spiro atoms. The highest BCUT2D eigenvalue weighted by molar-refractivity contribution is 5.97. The normalized spacial score (nSPS) is 14.2. The molecule has 0 aliphatic rings. The molecule has 7 amide bonds. The lowest BCUT2D eigenvalue weighted by atomic mass is 9.99. The van der Waals surface area contributed by atoms with Crippen molar-refractivity contribution in [2.45, 2.75) is 96.6 Å². The van der Waals surface area contributed by atoms with Crippen molar-refractivity contribution in [3.63, 3.8) is 0 Å². The molecule has 0 heterocycles. The Hall–Kier alpha value is -6.04. The minimum Gasteiger partial charge on any atom is -0.508 e. The smallest absolute Gasteiger partial charge is 0.303 e. The number of carboxylic acid groups (broad SMARTS) is 1. The fraction of sp³-hybridized carbons (Fsp3) is 0.474. The van der Waals surface area contributed by atoms with Gasteiger partial charge in [0.15, 0.2) is 0 Å². The molecule has 18 heteroatoms. The van der Waals surface area contributed by atoms with E-state index in [-0.39, 0.29) is 25.0 Å². The average molecular weight is 783 g/mol. The molecule has 0 fully saturated rings. The van der Waals surface area contributed by atoms with Crippen molar-refractivity contribution < 1.29 is 48.6 Å². The second-order valence-electron chi connectivity index (χ2n) is 14.1. The van der Waals surface area contributed by atoms with E-state index in [4.69, 9.17) is 11.5 Å². The molecule has 56 heavy (non-hydrogen) atoms. The number of carboxylic acids is 1. The standard InChI is InChI=1S/C38H54N8O10/c1-20(2)31(37(55)41-19-29(40)48)46-38(56)32(21(3)4)45-35(53)27(15-16-30(49)50)43-36(54)28(18-23-9-7-6-8-10-23)44-33(51)22(5)42-34(52)26(39)17-24-11-13-25(47)14-12-24/h6-14,20-22,26-28,31-32,47H,15-19,39H2,1-5H3,(H2,40,48)(H,41,55)(H,42,52)(H,43,54)(H,44,51)(H,45,53)(H,46,56)(H,49,50)/t22-,26+,27+,28+,31-,32+/m0/s1. The molecule has 0 saturated carbocycles. The second kappa shape index (κ2) is 22.4. The van der Waals surface area contributed by atoms with Crippen LogP contribution in [0.25, 0.3) is 0 Å². The summed E-state index contributed by atoms with van der Waals surface area (Å²) in [6, 6.07) is 7.34. The highest BCUT2D eigenvalue weighted by Crippen LogP contribution is 2.12. The van der Waals surface area contributed by atoms with Crippen LogP contribution in [0.2, 0.25) is 0 Å². The molecule has 0 bridgehead atoms. The maximum absolute atomic E-state index is 13.8. The SMILES string of the molecule is CC(C)[C@H](NC(=O)[C@H](NC(=O)[C@@H](CCC(=O)O)NC(=O)[C@@H](Cc1ccccc1)NC(=O)[C@H](C)NC(=O)[C@H](N)Cc1ccc(O)cc1)C(C)C)C(=O)NCC(N)=O. The van der Waals surface area contributed by atoms with E-state index < -0.39 is 108 Å². The fourth-order valence-electron chi connectivity index (χ4n) is 5.38. The average Bonchev–Trinajstić information content (AvgIpc) is 3.13. The molecular weight excluding hydrogens is 728 g/mol. The number of carbonyl (C=O) groups excluding carboxylic acids is 7. The molecule has 0 radical (unpaired) electrons. The van der Waals surface area contributed by atoms with E-state index in [1.807, 2.05) is 0 Å². The number of aliphatic carboxylic acids is 1. The molecule has 0 aliphatic carbocycles. The van der Waals surface area contributed by atoms with Gasteiger partial charge in [0.05, 0.1) is 12.6 Å². The van der Waals surface area contributed by atoms with Crippen molar-refractivity contribution >= 4 is 47.3 Å². The summed E-state index contributed by atoms with van der Waals surface area (Å²) >= 11 is 0. The largest absolute Gasteiger partial charge is 0.508 e. The molecule has 306 valence electrons. The lowest BCUT2D eigenvalue weighted by molar-refractivity contribution is -0.139. The molecule has 6 atom stereocenters. The fourth-order valence-corrected chi connectivity index (χ4v) is 5.38. The third kappa shape index (κ3) is 15.7. The van der Waals surface area contributed by atoms with Gasteiger partial charge in [0, 0.05) is 12.8 Å². The van der Waals surface area contributed by atoms with Crippen LogP contribution in [0.4, 0.5) is 0 Å². The monoisotopic (exact) mass is 782 g/mol. The molecule has 0 saturated heterocycles. The second-order valence-corrected chi connectivity index (χ2v) is 14.1. The lowest BCUT2D eigenvalue weighted by Crippen LogP contribution is -2.61. The van der Waals surface area contributed by atoms with Gasteiger partial charge in [-0.1, -0.05) is 70.2 Å². The number of phenols is 1. The lowest BCUT2D eigenvalue weighted by Gasteiger charge is -2.29. The van der Waals surface area contributed by atoms with Crippen LogP contribution in [0.5, 0.6) is 5.75 Å². The predicted molar refractivity (Wildman–Crippen MR) is 204 cm³/mol. The Morgan fingerprint density at radius 2 is 1.12 bits per heavy atom. The molecular formula is C38H54N8O10. The Bertz CT molecular complexity index is 1690. The van der Waals surface area contributed by atoms with E-state index in [9.17, 15) is 48.6 Å². The number of benzene rings is 2. The number of aromatic hydroxyl groups is 1. The third-order valence-electron chi connectivity index (χ3n) is 8.61. The number of phenolic OH excluding ortho intramolecular Hbond substituents is 1. The van der Waals surface area contributed by atoms with Crippen LogP contribution in [-0.2, 0) is 51.2 Å². The Morgan fingerprint density at radius 3 is 1.68 bits per heavy atom. The van der Waals surface area contributed by atoms with E-state index in [1.54, 1.807) is 70.2 Å². The van der Waals surface area contributed by atoms with Crippen molar-refractivity contribution in [3.8, 4) is 5.75 Å². The van der Waals surface area contributed by atoms with Crippen molar-refractivity contribution in [3.05, 3.63) is 65.7 Å². The van der Waals surface area contributed by atoms with Crippen molar-refractivity contribution in [2.75, 3.05) is 6.54 Å². The Labute approximate surface area is 325 Å². The molecule has 0 unspecified atom stereocenters. The van der Waals surface area contributed by atoms with Gasteiger partial charge in [-0.05, 0) is 54.9 Å². The Balaban J connectivity index is 2.26. The minimum atomic E-state index is -1.49. The topological polar surface area (TPSA) is 301 Å². The number of amides is 7. The highest BCUT2D eigenvalue weighted by Gasteiger charge is 2.34. The van der Waals surface area contributed by atoms with Crippen molar-refractivity contribution in [1.82, 2.24) is 31.9 Å². The van der Waals surface area contributed by atoms with E-state index in [2.05, 4.69) is 31.9 Å². The molecule has 0 aromatic heterocycles. The van der Waals surface area contributed by atoms with Crippen LogP contribution in [0.1, 0.15) is 58.6 Å². The van der Waals surface area contributed by atoms with E-state index in [1.165, 1.54) is 19.1 Å². The summed E-state index contributed by atoms with van der Waals surface area (Å²) in [6.45, 7) is 7.50. The molecule has 18 nitrogen and oxygen atoms in total. The molecule has 2 aromatic carbocycles. The number of nitrogens with two attached hydrogens (primary N) is 2. The first kappa shape index (κ1) is 46.1. The Morgan fingerprint density at radius 1 is 0.607 bits per heavy atom. The van der Waals surface area contributed by atoms with Gasteiger partial charge < -0.3 is 53.6 Å². The summed E-state index contributed by atoms with van der Waals surface area (Å²) in [5.41, 5.74) is 12.5. The van der Waals surface area contributed by atoms with Crippen LogP contribution in [-0.4, -0.2) is 100 Å². The first-order valence-corrected chi connectivity index (χ1v) is 18.2. The zero-order valence-corrected chi connectivity index (χ0v) is 32.2. The van der Waals surface area contributed by atoms with Crippen LogP contribution < -0.4 is 43.4 Å². The van der Waals surface area contributed by atoms with Gasteiger partial charge in [-0.25, -0.2) is 0 Å². The maximum Gasteiger partial charge on any atom is 0.303 e. The van der Waals surface area contributed by atoms with Gasteiger partial charge in [-0.3, -0.25) is 38.4 Å². The molecule has 2 rings (SSSR count). The third-order valence-corrected chi connectivity index (χ3v) is 8.61. The van der Waals surface area contributed by atoms with E-state index in [0.29, 0.717) is 11.1 Å². The number of rotatable bonds is 22. The molecule has 2 aromatic rings. The maximum atomic E-state index is 13.8. The zero-order valence-electron chi connectivity index (χ0n) is 32.2. The van der Waals surface area contributed by atoms with Gasteiger partial charge in [0.2, 0.25) is 41.4 Å². The first-order chi connectivity index (χ1) is 26.3. The zero-order chi connectivity index (χ0) is 42.1. The van der Waals surface area contributed by atoms with Gasteiger partial charge in [0.25, 0.3) is 0 Å². The summed E-state index contributed by atoms with van der Waals surface area (Å²) in [4.78, 5) is 103. The number of nitrogens with one attached hydrogen (secondary N) is 6. The van der Waals surface area contributed by atoms with Crippen molar-refractivity contribution in [1.29, 1.82) is 0 Å². The number of hydrogen-bond donors (Lipinski definition) is 10. The van der Waals surface area contributed by atoms with Crippen molar-refractivity contribution in [2.24, 2.45) is 23.3 Å². The summed E-state index contributed by atoms with van der Waals surface area (Å²) in [6.07, 6.45) is -0.877. The van der Waals surface area contributed by atoms with E-state index >= 15 is 0 Å². The molecule has 12 N–H and O–H groups in total. The van der Waals surface area contributed by atoms with Gasteiger partial charge in [-0.2, -0.15) is 0 Å². The summed E-state index contributed by atoms with van der Waals surface area (Å²) < 4.78 is 0. The highest BCUT2D eigenvalue weighted by atomic mass is 16.4.